The van der Waals surface area contributed by atoms with Crippen molar-refractivity contribution in [2.24, 2.45) is 11.3 Å². The second kappa shape index (κ2) is 13.6. The Hall–Kier alpha value is -5.07. The van der Waals surface area contributed by atoms with Crippen molar-refractivity contribution in [2.45, 2.75) is 56.7 Å². The summed E-state index contributed by atoms with van der Waals surface area (Å²) in [5, 5.41) is 9.64. The van der Waals surface area contributed by atoms with Crippen LogP contribution in [0.15, 0.2) is 90.0 Å². The normalized spacial score (nSPS) is 17.5. The van der Waals surface area contributed by atoms with Crippen LogP contribution >= 0.6 is 11.8 Å². The molecule has 0 bridgehead atoms. The van der Waals surface area contributed by atoms with Crippen LogP contribution in [-0.4, -0.2) is 40.4 Å². The molecule has 0 spiro atoms. The lowest BCUT2D eigenvalue weighted by Crippen LogP contribution is -2.31. The number of Topliss-reactive ketones (excluding diaryl/α,β-unsaturated/α-hetero) is 1. The number of ketones is 1. The summed E-state index contributed by atoms with van der Waals surface area (Å²) in [6.07, 6.45) is 2.66. The van der Waals surface area contributed by atoms with Crippen LogP contribution in [0, 0.1) is 22.7 Å². The molecule has 2 aliphatic rings. The minimum absolute atomic E-state index is 0.0303. The van der Waals surface area contributed by atoms with Crippen LogP contribution in [0.25, 0.3) is 11.1 Å². The van der Waals surface area contributed by atoms with Crippen molar-refractivity contribution in [2.75, 3.05) is 11.5 Å². The highest BCUT2D eigenvalue weighted by Gasteiger charge is 2.41. The van der Waals surface area contributed by atoms with Crippen molar-refractivity contribution in [3.63, 3.8) is 0 Å². The van der Waals surface area contributed by atoms with Gasteiger partial charge in [0.15, 0.2) is 12.4 Å². The number of anilines is 1. The molecule has 2 heterocycles. The van der Waals surface area contributed by atoms with Gasteiger partial charge in [-0.15, -0.1) is 0 Å². The Morgan fingerprint density at radius 2 is 1.60 bits per heavy atom. The number of hydrogen-bond donors (Lipinski definition) is 0. The molecule has 1 aliphatic carbocycles. The van der Waals surface area contributed by atoms with E-state index in [-0.39, 0.29) is 29.1 Å². The van der Waals surface area contributed by atoms with E-state index >= 15 is 0 Å². The van der Waals surface area contributed by atoms with Crippen molar-refractivity contribution in [3.05, 3.63) is 113 Å². The van der Waals surface area contributed by atoms with Gasteiger partial charge >= 0.3 is 5.97 Å². The molecule has 0 saturated carbocycles. The first-order chi connectivity index (χ1) is 23.0. The third kappa shape index (κ3) is 6.95. The fourth-order valence-electron chi connectivity index (χ4n) is 6.18. The number of aryl methyl sites for hydroxylation is 1. The van der Waals surface area contributed by atoms with Crippen molar-refractivity contribution >= 4 is 41.0 Å². The average molecular weight is 658 g/mol. The molecule has 4 aromatic rings. The third-order valence-corrected chi connectivity index (χ3v) is 10.3. The Morgan fingerprint density at radius 3 is 2.27 bits per heavy atom. The quantitative estimate of drug-likeness (QED) is 0.111. The van der Waals surface area contributed by atoms with Gasteiger partial charge in [-0.25, -0.2) is 14.7 Å². The number of aromatic nitrogens is 1. The Kier molecular flexibility index (Phi) is 9.29. The molecule has 0 N–H and O–H groups in total. The van der Waals surface area contributed by atoms with E-state index in [2.05, 4.69) is 26.8 Å². The summed E-state index contributed by atoms with van der Waals surface area (Å²) in [5.74, 6) is -1.31. The number of carbonyl (C=O) groups is 4. The van der Waals surface area contributed by atoms with Crippen molar-refractivity contribution in [1.82, 2.24) is 4.98 Å². The van der Waals surface area contributed by atoms with Gasteiger partial charge in [-0.05, 0) is 77.6 Å². The number of fused-ring (bicyclic) bond motifs is 1. The molecule has 2 amide bonds. The Labute approximate surface area is 284 Å². The van der Waals surface area contributed by atoms with Crippen LogP contribution in [-0.2, 0) is 27.2 Å². The number of nitriles is 1. The van der Waals surface area contributed by atoms with Crippen molar-refractivity contribution in [3.8, 4) is 17.2 Å². The lowest BCUT2D eigenvalue weighted by atomic mass is 9.71. The van der Waals surface area contributed by atoms with Crippen LogP contribution in [0.3, 0.4) is 0 Å². The van der Waals surface area contributed by atoms with Crippen LogP contribution in [0.1, 0.15) is 71.1 Å². The Bertz CT molecular complexity index is 1930. The average Bonchev–Trinajstić information content (AvgIpc) is 3.38. The Balaban J connectivity index is 1.07. The standard InChI is InChI=1S/C39H35N3O5S/c1-39(2,3)30-15-18-32-28(20-30)19-29(22-40)36(41-32)48-34-21-35(44)42(37(34)45)31-16-13-27(14-17-31)38(46)47-23-33(43)26-11-9-25(10-12-26)24-7-5-4-6-8-24/h4-14,16-17,19,30,34H,15,18,20-21,23H2,1-3H3. The van der Waals surface area contributed by atoms with Crippen molar-refractivity contribution < 1.29 is 23.9 Å². The number of nitrogens with zero attached hydrogens (tertiary/aromatic N) is 3. The number of benzene rings is 3. The predicted octanol–water partition coefficient (Wildman–Crippen LogP) is 7.24. The zero-order valence-corrected chi connectivity index (χ0v) is 27.9. The number of hydrogen-bond acceptors (Lipinski definition) is 8. The highest BCUT2D eigenvalue weighted by Crippen LogP contribution is 2.40. The van der Waals surface area contributed by atoms with E-state index in [1.165, 1.54) is 24.3 Å². The van der Waals surface area contributed by atoms with Gasteiger partial charge in [0.2, 0.25) is 11.8 Å². The lowest BCUT2D eigenvalue weighted by molar-refractivity contribution is -0.121. The SMILES string of the molecule is CC(C)(C)C1CCc2nc(SC3CC(=O)N(c4ccc(C(=O)OCC(=O)c5ccc(-c6ccccc6)cc5)cc4)C3=O)c(C#N)cc2C1. The van der Waals surface area contributed by atoms with E-state index < -0.39 is 23.7 Å². The van der Waals surface area contributed by atoms with Gasteiger partial charge in [-0.1, -0.05) is 87.1 Å². The van der Waals surface area contributed by atoms with Crippen LogP contribution in [0.5, 0.6) is 0 Å². The minimum atomic E-state index is -0.724. The topological polar surface area (TPSA) is 117 Å². The van der Waals surface area contributed by atoms with Crippen molar-refractivity contribution in [1.29, 1.82) is 5.26 Å². The fourth-order valence-corrected chi connectivity index (χ4v) is 7.28. The summed E-state index contributed by atoms with van der Waals surface area (Å²) in [6, 6.07) is 27.0. The molecule has 1 fully saturated rings. The smallest absolute Gasteiger partial charge is 0.338 e. The molecule has 2 atom stereocenters. The number of carbonyl (C=O) groups excluding carboxylic acids is 4. The van der Waals surface area contributed by atoms with E-state index in [9.17, 15) is 24.4 Å². The van der Waals surface area contributed by atoms with E-state index in [4.69, 9.17) is 9.72 Å². The second-order valence-corrected chi connectivity index (χ2v) is 14.4. The fraction of sp³-hybridized carbons (Fsp3) is 0.282. The zero-order valence-electron chi connectivity index (χ0n) is 27.1. The molecule has 0 radical (unpaired) electrons. The summed E-state index contributed by atoms with van der Waals surface area (Å²) in [6.45, 7) is 6.27. The molecule has 242 valence electrons. The number of esters is 1. The van der Waals surface area contributed by atoms with Gasteiger partial charge in [-0.3, -0.25) is 14.4 Å². The van der Waals surface area contributed by atoms with E-state index in [1.54, 1.807) is 12.1 Å². The van der Waals surface area contributed by atoms with Gasteiger partial charge in [0.25, 0.3) is 0 Å². The van der Waals surface area contributed by atoms with E-state index in [1.807, 2.05) is 48.5 Å². The summed E-state index contributed by atoms with van der Waals surface area (Å²) in [7, 11) is 0. The first-order valence-corrected chi connectivity index (χ1v) is 16.8. The highest BCUT2D eigenvalue weighted by molar-refractivity contribution is 8.00. The number of ether oxygens (including phenoxy) is 1. The third-order valence-electron chi connectivity index (χ3n) is 9.07. The van der Waals surface area contributed by atoms with Gasteiger partial charge in [0.1, 0.15) is 11.1 Å². The van der Waals surface area contributed by atoms with Gasteiger partial charge in [-0.2, -0.15) is 5.26 Å². The van der Waals surface area contributed by atoms with Gasteiger partial charge in [0.05, 0.1) is 22.1 Å². The van der Waals surface area contributed by atoms with Crippen LogP contribution < -0.4 is 4.90 Å². The number of pyridine rings is 1. The van der Waals surface area contributed by atoms with Crippen LogP contribution in [0.2, 0.25) is 0 Å². The maximum absolute atomic E-state index is 13.4. The number of imide groups is 1. The molecule has 1 saturated heterocycles. The molecular formula is C39H35N3O5S. The largest absolute Gasteiger partial charge is 0.454 e. The lowest BCUT2D eigenvalue weighted by Gasteiger charge is -2.34. The Morgan fingerprint density at radius 1 is 0.938 bits per heavy atom. The molecule has 2 unspecified atom stereocenters. The predicted molar refractivity (Wildman–Crippen MR) is 184 cm³/mol. The molecule has 48 heavy (non-hydrogen) atoms. The summed E-state index contributed by atoms with van der Waals surface area (Å²) >= 11 is 1.16. The zero-order chi connectivity index (χ0) is 34.0. The van der Waals surface area contributed by atoms with E-state index in [0.717, 1.165) is 58.3 Å². The number of thioether (sulfide) groups is 1. The van der Waals surface area contributed by atoms with Gasteiger partial charge < -0.3 is 4.74 Å². The molecule has 3 aromatic carbocycles. The molecule has 9 heteroatoms. The molecule has 6 rings (SSSR count). The first kappa shape index (κ1) is 32.9. The maximum Gasteiger partial charge on any atom is 0.338 e. The van der Waals surface area contributed by atoms with Gasteiger partial charge in [0, 0.05) is 17.7 Å². The number of amides is 2. The molecule has 1 aromatic heterocycles. The molecule has 8 nitrogen and oxygen atoms in total. The highest BCUT2D eigenvalue weighted by atomic mass is 32.2. The monoisotopic (exact) mass is 657 g/mol. The first-order valence-electron chi connectivity index (χ1n) is 15.9. The summed E-state index contributed by atoms with van der Waals surface area (Å²) < 4.78 is 5.26. The van der Waals surface area contributed by atoms with E-state index in [0.29, 0.717) is 27.8 Å². The molecular weight excluding hydrogens is 623 g/mol. The summed E-state index contributed by atoms with van der Waals surface area (Å²) in [4.78, 5) is 57.7. The molecule has 1 aliphatic heterocycles. The minimum Gasteiger partial charge on any atom is -0.454 e. The number of rotatable bonds is 8. The second-order valence-electron chi connectivity index (χ2n) is 13.2. The van der Waals surface area contributed by atoms with Crippen LogP contribution in [0.4, 0.5) is 5.69 Å². The maximum atomic E-state index is 13.4. The summed E-state index contributed by atoms with van der Waals surface area (Å²) in [5.41, 5.74) is 5.55.